The number of imide groups is 1. The van der Waals surface area contributed by atoms with Gasteiger partial charge in [0.1, 0.15) is 0 Å². The number of hydrazine groups is 1. The monoisotopic (exact) mass is 354 g/mol. The first-order valence-electron chi connectivity index (χ1n) is 7.40. The molecule has 1 aliphatic heterocycles. The first-order chi connectivity index (χ1) is 12.0. The van der Waals surface area contributed by atoms with Gasteiger partial charge in [-0.05, 0) is 42.7 Å². The summed E-state index contributed by atoms with van der Waals surface area (Å²) in [4.78, 5) is 40.7. The number of allylic oxidation sites excluding steroid dienone is 3. The third-order valence-corrected chi connectivity index (χ3v) is 4.00. The summed E-state index contributed by atoms with van der Waals surface area (Å²) in [7, 11) is 1.63. The fourth-order valence-corrected chi connectivity index (χ4v) is 2.75. The fourth-order valence-electron chi connectivity index (χ4n) is 2.59. The van der Waals surface area contributed by atoms with Crippen LogP contribution in [-0.2, 0) is 4.79 Å². The average Bonchev–Trinajstić information content (AvgIpc) is 2.87. The lowest BCUT2D eigenvalue weighted by Crippen LogP contribution is -2.45. The minimum Gasteiger partial charge on any atom is -0.286 e. The Morgan fingerprint density at radius 3 is 2.32 bits per heavy atom. The highest BCUT2D eigenvalue weighted by Crippen LogP contribution is 2.21. The third kappa shape index (κ3) is 3.16. The van der Waals surface area contributed by atoms with Gasteiger partial charge in [-0.15, -0.1) is 0 Å². The molecule has 1 heterocycles. The summed E-state index contributed by atoms with van der Waals surface area (Å²) < 4.78 is 3.81. The van der Waals surface area contributed by atoms with Gasteiger partial charge in [0.15, 0.2) is 0 Å². The van der Waals surface area contributed by atoms with Gasteiger partial charge in [0.2, 0.25) is 5.91 Å². The smallest absolute Gasteiger partial charge is 0.280 e. The lowest BCUT2D eigenvalue weighted by Gasteiger charge is -2.16. The molecule has 126 valence electrons. The number of nitrogens with one attached hydrogen (secondary N) is 1. The summed E-state index contributed by atoms with van der Waals surface area (Å²) in [5, 5.41) is 0.743. The zero-order valence-corrected chi connectivity index (χ0v) is 14.2. The van der Waals surface area contributed by atoms with Gasteiger partial charge in [-0.2, -0.15) is 5.01 Å². The minimum absolute atomic E-state index is 0.0201. The van der Waals surface area contributed by atoms with Crippen molar-refractivity contribution in [1.29, 1.82) is 0 Å². The molecule has 0 unspecified atom stereocenters. The summed E-state index contributed by atoms with van der Waals surface area (Å²) in [5.41, 5.74) is 4.77. The van der Waals surface area contributed by atoms with Crippen LogP contribution in [0.25, 0.3) is 0 Å². The van der Waals surface area contributed by atoms with Gasteiger partial charge in [-0.25, -0.2) is 4.40 Å². The first kappa shape index (κ1) is 16.8. The number of hydrogen-bond donors (Lipinski definition) is 2. The van der Waals surface area contributed by atoms with E-state index in [2.05, 4.69) is 27.6 Å². The molecule has 0 spiro atoms. The summed E-state index contributed by atoms with van der Waals surface area (Å²) in [6.45, 7) is 0. The van der Waals surface area contributed by atoms with E-state index in [9.17, 15) is 14.4 Å². The highest BCUT2D eigenvalue weighted by Gasteiger charge is 2.36. The molecule has 1 N–H and O–H groups in total. The van der Waals surface area contributed by atoms with Crippen LogP contribution in [0.1, 0.15) is 27.1 Å². The van der Waals surface area contributed by atoms with Crippen molar-refractivity contribution in [3.63, 3.8) is 0 Å². The number of carbonyl (C=O) groups excluding carboxylic acids is 3. The molecule has 0 saturated carbocycles. The Kier molecular flexibility index (Phi) is 4.62. The third-order valence-electron chi connectivity index (χ3n) is 3.78. The van der Waals surface area contributed by atoms with Gasteiger partial charge >= 0.3 is 0 Å². The van der Waals surface area contributed by atoms with E-state index in [1.54, 1.807) is 49.5 Å². The number of nitrogens with zero attached hydrogens (tertiary/aromatic N) is 3. The Morgan fingerprint density at radius 2 is 1.76 bits per heavy atom. The van der Waals surface area contributed by atoms with Gasteiger partial charge in [-0.3, -0.25) is 24.8 Å². The first-order valence-corrected chi connectivity index (χ1v) is 7.80. The summed E-state index contributed by atoms with van der Waals surface area (Å²) in [6.07, 6.45) is 5.11. The van der Waals surface area contributed by atoms with E-state index < -0.39 is 17.7 Å². The maximum absolute atomic E-state index is 12.2. The fraction of sp³-hybridized carbons (Fsp3) is 0.118. The number of hydrogen-bond acceptors (Lipinski definition) is 6. The van der Waals surface area contributed by atoms with E-state index in [0.29, 0.717) is 17.0 Å². The summed E-state index contributed by atoms with van der Waals surface area (Å²) in [5.74, 6) is -1.57. The van der Waals surface area contributed by atoms with Crippen LogP contribution in [0.2, 0.25) is 0 Å². The van der Waals surface area contributed by atoms with Gasteiger partial charge in [-0.1, -0.05) is 18.2 Å². The lowest BCUT2D eigenvalue weighted by molar-refractivity contribution is -0.123. The molecule has 1 aromatic rings. The highest BCUT2D eigenvalue weighted by molar-refractivity contribution is 7.79. The van der Waals surface area contributed by atoms with Crippen LogP contribution in [-0.4, -0.2) is 41.2 Å². The van der Waals surface area contributed by atoms with Crippen molar-refractivity contribution in [3.8, 4) is 0 Å². The Hall–Kier alpha value is -3.00. The molecule has 7 nitrogen and oxygen atoms in total. The molecule has 1 aromatic carbocycles. The van der Waals surface area contributed by atoms with Crippen LogP contribution in [0.4, 0.5) is 0 Å². The molecule has 1 aliphatic carbocycles. The van der Waals surface area contributed by atoms with Crippen LogP contribution in [0.3, 0.4) is 0 Å². The topological polar surface area (TPSA) is 91.2 Å². The van der Waals surface area contributed by atoms with Crippen LogP contribution in [0.5, 0.6) is 0 Å². The van der Waals surface area contributed by atoms with Crippen molar-refractivity contribution in [3.05, 3.63) is 59.2 Å². The standard InChI is InChI=1S/C17H14N4O3S/c1-18-13-7-6-10(8-14(13)20-25)9-15(22)19-21-16(23)11-4-2-3-5-12(11)17(21)24/h2-8,25H,9H2,1H3,(H,19,22)/b18-13-,20-14-. The Bertz CT molecular complexity index is 864. The van der Waals surface area contributed by atoms with E-state index in [0.717, 1.165) is 5.01 Å². The maximum Gasteiger partial charge on any atom is 0.280 e. The Morgan fingerprint density at radius 1 is 1.12 bits per heavy atom. The molecule has 0 fully saturated rings. The number of benzene rings is 1. The van der Waals surface area contributed by atoms with Crippen molar-refractivity contribution in [1.82, 2.24) is 10.4 Å². The van der Waals surface area contributed by atoms with E-state index in [1.165, 1.54) is 0 Å². The molecule has 25 heavy (non-hydrogen) atoms. The van der Waals surface area contributed by atoms with Crippen molar-refractivity contribution in [2.75, 3.05) is 7.05 Å². The summed E-state index contributed by atoms with van der Waals surface area (Å²) >= 11 is 3.88. The number of amides is 3. The second-order valence-electron chi connectivity index (χ2n) is 5.35. The second kappa shape index (κ2) is 6.86. The van der Waals surface area contributed by atoms with Gasteiger partial charge in [0.25, 0.3) is 11.8 Å². The molecule has 0 saturated heterocycles. The summed E-state index contributed by atoms with van der Waals surface area (Å²) in [6, 6.07) is 6.43. The van der Waals surface area contributed by atoms with Gasteiger partial charge < -0.3 is 0 Å². The second-order valence-corrected chi connectivity index (χ2v) is 5.55. The quantitative estimate of drug-likeness (QED) is 0.490. The molecule has 0 bridgehead atoms. The van der Waals surface area contributed by atoms with Crippen molar-refractivity contribution >= 4 is 42.0 Å². The van der Waals surface area contributed by atoms with E-state index in [-0.39, 0.29) is 17.5 Å². The molecule has 0 aromatic heterocycles. The molecule has 2 aliphatic rings. The van der Waals surface area contributed by atoms with E-state index in [4.69, 9.17) is 0 Å². The number of aliphatic imine (C=N–C) groups is 1. The van der Waals surface area contributed by atoms with Gasteiger partial charge in [0, 0.05) is 7.05 Å². The zero-order chi connectivity index (χ0) is 18.0. The Labute approximate surface area is 149 Å². The van der Waals surface area contributed by atoms with Crippen LogP contribution < -0.4 is 5.43 Å². The van der Waals surface area contributed by atoms with E-state index in [1.807, 2.05) is 0 Å². The van der Waals surface area contributed by atoms with Crippen molar-refractivity contribution < 1.29 is 14.4 Å². The molecule has 0 atom stereocenters. The van der Waals surface area contributed by atoms with E-state index >= 15 is 0 Å². The number of carbonyl (C=O) groups is 3. The lowest BCUT2D eigenvalue weighted by atomic mass is 10.0. The Balaban J connectivity index is 1.71. The molecule has 3 rings (SSSR count). The van der Waals surface area contributed by atoms with Crippen LogP contribution in [0.15, 0.2) is 57.5 Å². The SMILES string of the molecule is C/N=C1/C=CC(CC(=O)NN2C(=O)c3ccccc3C2=O)=C/C1=N/S. The molecule has 0 radical (unpaired) electrons. The molecule has 3 amide bonds. The maximum atomic E-state index is 12.2. The molecular weight excluding hydrogens is 340 g/mol. The van der Waals surface area contributed by atoms with Crippen molar-refractivity contribution in [2.24, 2.45) is 9.39 Å². The molecule has 8 heteroatoms. The van der Waals surface area contributed by atoms with Crippen LogP contribution in [0, 0.1) is 0 Å². The number of rotatable bonds is 3. The zero-order valence-electron chi connectivity index (χ0n) is 13.3. The largest absolute Gasteiger partial charge is 0.286 e. The average molecular weight is 354 g/mol. The molecular formula is C17H14N4O3S. The highest BCUT2D eigenvalue weighted by atomic mass is 32.1. The van der Waals surface area contributed by atoms with Crippen molar-refractivity contribution in [2.45, 2.75) is 6.42 Å². The normalized spacial score (nSPS) is 19.4. The minimum atomic E-state index is -0.542. The van der Waals surface area contributed by atoms with Gasteiger partial charge in [0.05, 0.1) is 29.0 Å². The predicted molar refractivity (Wildman–Crippen MR) is 96.7 cm³/mol. The van der Waals surface area contributed by atoms with Crippen LogP contribution >= 0.6 is 12.8 Å². The number of fused-ring (bicyclic) bond motifs is 1. The number of thiol groups is 1. The predicted octanol–water partition coefficient (Wildman–Crippen LogP) is 1.56.